The number of thioether (sulfide) groups is 1. The van der Waals surface area contributed by atoms with Crippen LogP contribution in [0.4, 0.5) is 9.18 Å². The Morgan fingerprint density at radius 1 is 1.39 bits per heavy atom. The van der Waals surface area contributed by atoms with Gasteiger partial charge in [-0.2, -0.15) is 11.8 Å². The van der Waals surface area contributed by atoms with Crippen LogP contribution in [0.5, 0.6) is 0 Å². The molecule has 0 heterocycles. The highest BCUT2D eigenvalue weighted by atomic mass is 32.2. The molecule has 1 amide bonds. The number of amides is 1. The fraction of sp³-hybridized carbons (Fsp3) is 0.500. The highest BCUT2D eigenvalue weighted by Crippen LogP contribution is 2.18. The van der Waals surface area contributed by atoms with Gasteiger partial charge in [-0.25, -0.2) is 14.0 Å². The molecule has 0 aromatic heterocycles. The summed E-state index contributed by atoms with van der Waals surface area (Å²) in [6.07, 6.45) is -0.761. The Labute approximate surface area is 139 Å². The van der Waals surface area contributed by atoms with Crippen LogP contribution in [0.3, 0.4) is 0 Å². The molecular weight excluding hydrogens is 321 g/mol. The lowest BCUT2D eigenvalue weighted by molar-refractivity contribution is -0.138. The number of halogens is 1. The van der Waals surface area contributed by atoms with E-state index in [1.165, 1.54) is 23.9 Å². The number of carboxylic acids is 1. The zero-order chi connectivity index (χ0) is 17.6. The molecule has 7 heteroatoms. The van der Waals surface area contributed by atoms with Crippen LogP contribution in [0.1, 0.15) is 31.9 Å². The fourth-order valence-corrected chi connectivity index (χ4v) is 2.86. The Bertz CT molecular complexity index is 572. The van der Waals surface area contributed by atoms with Crippen LogP contribution >= 0.6 is 11.8 Å². The predicted octanol–water partition coefficient (Wildman–Crippen LogP) is 3.35. The van der Waals surface area contributed by atoms with Crippen molar-refractivity contribution in [3.8, 4) is 0 Å². The quantitative estimate of drug-likeness (QED) is 0.828. The minimum Gasteiger partial charge on any atom is -0.480 e. The maximum Gasteiger partial charge on any atom is 0.408 e. The zero-order valence-corrected chi connectivity index (χ0v) is 14.5. The van der Waals surface area contributed by atoms with E-state index in [-0.39, 0.29) is 11.6 Å². The van der Waals surface area contributed by atoms with E-state index in [9.17, 15) is 19.1 Å². The number of rotatable bonds is 6. The summed E-state index contributed by atoms with van der Waals surface area (Å²) in [5, 5.41) is 11.5. The van der Waals surface area contributed by atoms with Crippen molar-refractivity contribution in [2.45, 2.75) is 45.1 Å². The van der Waals surface area contributed by atoms with E-state index < -0.39 is 23.7 Å². The molecule has 5 nitrogen and oxygen atoms in total. The van der Waals surface area contributed by atoms with Gasteiger partial charge in [-0.15, -0.1) is 0 Å². The normalized spacial score (nSPS) is 12.6. The fourth-order valence-electron chi connectivity index (χ4n) is 1.73. The molecule has 1 aromatic carbocycles. The Hall–Kier alpha value is -1.76. The lowest BCUT2D eigenvalue weighted by Crippen LogP contribution is -2.44. The maximum atomic E-state index is 13.0. The lowest BCUT2D eigenvalue weighted by atomic mass is 10.1. The van der Waals surface area contributed by atoms with Crippen molar-refractivity contribution in [3.63, 3.8) is 0 Å². The minimum atomic E-state index is -1.13. The number of aliphatic carboxylic acids is 1. The second-order valence-electron chi connectivity index (χ2n) is 6.12. The summed E-state index contributed by atoms with van der Waals surface area (Å²) >= 11 is 1.35. The van der Waals surface area contributed by atoms with Gasteiger partial charge in [0.1, 0.15) is 17.5 Å². The molecule has 0 fully saturated rings. The van der Waals surface area contributed by atoms with E-state index in [4.69, 9.17) is 4.74 Å². The van der Waals surface area contributed by atoms with Gasteiger partial charge >= 0.3 is 12.1 Å². The van der Waals surface area contributed by atoms with Crippen molar-refractivity contribution in [3.05, 3.63) is 35.1 Å². The summed E-state index contributed by atoms with van der Waals surface area (Å²) in [4.78, 5) is 22.9. The van der Waals surface area contributed by atoms with Gasteiger partial charge in [0.15, 0.2) is 0 Å². The van der Waals surface area contributed by atoms with Gasteiger partial charge in [-0.1, -0.05) is 6.07 Å². The Morgan fingerprint density at radius 2 is 2.04 bits per heavy atom. The van der Waals surface area contributed by atoms with Crippen molar-refractivity contribution in [1.82, 2.24) is 5.32 Å². The molecule has 1 aromatic rings. The van der Waals surface area contributed by atoms with E-state index >= 15 is 0 Å². The first-order chi connectivity index (χ1) is 10.6. The second-order valence-corrected chi connectivity index (χ2v) is 7.15. The first-order valence-electron chi connectivity index (χ1n) is 7.13. The highest BCUT2D eigenvalue weighted by Gasteiger charge is 2.23. The van der Waals surface area contributed by atoms with E-state index in [2.05, 4.69) is 5.32 Å². The number of benzene rings is 1. The summed E-state index contributed by atoms with van der Waals surface area (Å²) in [6, 6.07) is 3.44. The molecule has 1 atom stereocenters. The number of carbonyl (C=O) groups is 2. The van der Waals surface area contributed by atoms with E-state index in [1.807, 2.05) is 0 Å². The molecular formula is C16H22FNO4S. The smallest absolute Gasteiger partial charge is 0.408 e. The molecule has 0 bridgehead atoms. The molecule has 0 saturated heterocycles. The second kappa shape index (κ2) is 8.19. The third kappa shape index (κ3) is 7.36. The van der Waals surface area contributed by atoms with Crippen molar-refractivity contribution >= 4 is 23.8 Å². The molecule has 0 aliphatic carbocycles. The van der Waals surface area contributed by atoms with Gasteiger partial charge in [0, 0.05) is 11.5 Å². The topological polar surface area (TPSA) is 75.6 Å². The Balaban J connectivity index is 2.53. The predicted molar refractivity (Wildman–Crippen MR) is 88.1 cm³/mol. The van der Waals surface area contributed by atoms with Gasteiger partial charge < -0.3 is 15.2 Å². The van der Waals surface area contributed by atoms with Crippen LogP contribution in [0.15, 0.2) is 18.2 Å². The van der Waals surface area contributed by atoms with E-state index in [0.717, 1.165) is 11.1 Å². The number of carbonyl (C=O) groups excluding carboxylic acids is 1. The van der Waals surface area contributed by atoms with E-state index in [1.54, 1.807) is 33.8 Å². The van der Waals surface area contributed by atoms with Crippen LogP contribution in [0.25, 0.3) is 0 Å². The average Bonchev–Trinajstić information content (AvgIpc) is 2.37. The number of alkyl carbamates (subject to hydrolysis) is 1. The average molecular weight is 343 g/mol. The highest BCUT2D eigenvalue weighted by molar-refractivity contribution is 7.98. The minimum absolute atomic E-state index is 0.186. The third-order valence-corrected chi connectivity index (χ3v) is 3.92. The number of hydrogen-bond acceptors (Lipinski definition) is 4. The lowest BCUT2D eigenvalue weighted by Gasteiger charge is -2.22. The number of carboxylic acid groups (broad SMARTS) is 1. The molecule has 0 spiro atoms. The summed E-state index contributed by atoms with van der Waals surface area (Å²) in [6.45, 7) is 6.91. The van der Waals surface area contributed by atoms with Crippen LogP contribution in [-0.2, 0) is 15.3 Å². The number of aryl methyl sites for hydroxylation is 1. The molecule has 1 unspecified atom stereocenters. The van der Waals surface area contributed by atoms with Crippen molar-refractivity contribution in [2.24, 2.45) is 0 Å². The van der Waals surface area contributed by atoms with Crippen molar-refractivity contribution < 1.29 is 23.8 Å². The number of ether oxygens (including phenoxy) is 1. The largest absolute Gasteiger partial charge is 0.480 e. The Morgan fingerprint density at radius 3 is 2.57 bits per heavy atom. The van der Waals surface area contributed by atoms with Gasteiger partial charge in [0.2, 0.25) is 0 Å². The number of nitrogens with one attached hydrogen (secondary N) is 1. The summed E-state index contributed by atoms with van der Waals surface area (Å²) < 4.78 is 18.1. The summed E-state index contributed by atoms with van der Waals surface area (Å²) in [7, 11) is 0. The monoisotopic (exact) mass is 343 g/mol. The van der Waals surface area contributed by atoms with Gasteiger partial charge in [0.05, 0.1) is 0 Å². The molecule has 1 rings (SSSR count). The molecule has 23 heavy (non-hydrogen) atoms. The number of hydrogen-bond donors (Lipinski definition) is 2. The van der Waals surface area contributed by atoms with E-state index in [0.29, 0.717) is 5.75 Å². The maximum absolute atomic E-state index is 13.0. The van der Waals surface area contributed by atoms with Gasteiger partial charge in [-0.3, -0.25) is 0 Å². The SMILES string of the molecule is Cc1cc(F)ccc1CSCC(NC(=O)OC(C)(C)C)C(=O)O. The first-order valence-corrected chi connectivity index (χ1v) is 8.29. The first kappa shape index (κ1) is 19.3. The van der Waals surface area contributed by atoms with Crippen LogP contribution in [0, 0.1) is 12.7 Å². The van der Waals surface area contributed by atoms with Crippen LogP contribution in [-0.4, -0.2) is 34.6 Å². The zero-order valence-electron chi connectivity index (χ0n) is 13.7. The molecule has 0 aliphatic heterocycles. The van der Waals surface area contributed by atoms with Crippen molar-refractivity contribution in [1.29, 1.82) is 0 Å². The summed E-state index contributed by atoms with van der Waals surface area (Å²) in [5.41, 5.74) is 1.05. The van der Waals surface area contributed by atoms with Gasteiger partial charge in [0.25, 0.3) is 0 Å². The van der Waals surface area contributed by atoms with Crippen LogP contribution < -0.4 is 5.32 Å². The molecule has 0 saturated carbocycles. The molecule has 128 valence electrons. The molecule has 0 aliphatic rings. The molecule has 0 radical (unpaired) electrons. The molecule has 2 N–H and O–H groups in total. The third-order valence-electron chi connectivity index (χ3n) is 2.84. The summed E-state index contributed by atoms with van der Waals surface area (Å²) in [5.74, 6) is -0.706. The van der Waals surface area contributed by atoms with Gasteiger partial charge in [-0.05, 0) is 51.0 Å². The van der Waals surface area contributed by atoms with Crippen molar-refractivity contribution in [2.75, 3.05) is 5.75 Å². The Kier molecular flexibility index (Phi) is 6.87. The van der Waals surface area contributed by atoms with Crippen LogP contribution in [0.2, 0.25) is 0 Å². The standard InChI is InChI=1S/C16H22FNO4S/c1-10-7-12(17)6-5-11(10)8-23-9-13(14(19)20)18-15(21)22-16(2,3)4/h5-7,13H,8-9H2,1-4H3,(H,18,21)(H,19,20).